The molecule has 3 aliphatic rings. The Hall–Kier alpha value is -1.59. The maximum absolute atomic E-state index is 13.0. The van der Waals surface area contributed by atoms with Gasteiger partial charge in [-0.1, -0.05) is 25.0 Å². The summed E-state index contributed by atoms with van der Waals surface area (Å²) in [5.74, 6) is 1.28. The van der Waals surface area contributed by atoms with Gasteiger partial charge in [-0.05, 0) is 56.2 Å². The van der Waals surface area contributed by atoms with Crippen LogP contribution >= 0.6 is 0 Å². The third-order valence-corrected chi connectivity index (χ3v) is 7.18. The average molecular weight is 387 g/mol. The summed E-state index contributed by atoms with van der Waals surface area (Å²) in [6, 6.07) is 8.32. The fraction of sp³-hybridized carbons (Fsp3) is 0.696. The van der Waals surface area contributed by atoms with Crippen LogP contribution in [0.1, 0.15) is 63.0 Å². The maximum atomic E-state index is 13.0. The lowest BCUT2D eigenvalue weighted by Gasteiger charge is -2.52. The van der Waals surface area contributed by atoms with E-state index in [0.717, 1.165) is 70.3 Å². The fourth-order valence-electron chi connectivity index (χ4n) is 5.58. The van der Waals surface area contributed by atoms with Gasteiger partial charge < -0.3 is 14.7 Å². The summed E-state index contributed by atoms with van der Waals surface area (Å²) in [4.78, 5) is 17.4. The van der Waals surface area contributed by atoms with Crippen LogP contribution < -0.4 is 4.74 Å². The van der Waals surface area contributed by atoms with E-state index in [1.54, 1.807) is 7.11 Å². The van der Waals surface area contributed by atoms with Crippen LogP contribution in [-0.2, 0) is 4.79 Å². The van der Waals surface area contributed by atoms with Crippen molar-refractivity contribution in [2.75, 3.05) is 33.3 Å². The second kappa shape index (κ2) is 8.42. The molecular formula is C23H34N2O3. The lowest BCUT2D eigenvalue weighted by Crippen LogP contribution is -2.56. The van der Waals surface area contributed by atoms with Crippen LogP contribution in [0.4, 0.5) is 0 Å². The van der Waals surface area contributed by atoms with E-state index >= 15 is 0 Å². The number of carbonyl (C=O) groups is 1. The predicted octanol–water partition coefficient (Wildman–Crippen LogP) is 3.38. The number of ether oxygens (including phenoxy) is 1. The summed E-state index contributed by atoms with van der Waals surface area (Å²) < 4.78 is 5.33. The van der Waals surface area contributed by atoms with Crippen LogP contribution in [0.3, 0.4) is 0 Å². The Bertz CT molecular complexity index is 671. The van der Waals surface area contributed by atoms with Crippen LogP contribution in [0.2, 0.25) is 0 Å². The quantitative estimate of drug-likeness (QED) is 0.862. The van der Waals surface area contributed by atoms with E-state index < -0.39 is 5.60 Å². The largest absolute Gasteiger partial charge is 0.497 e. The number of hydrogen-bond donors (Lipinski definition) is 1. The van der Waals surface area contributed by atoms with E-state index in [9.17, 15) is 9.90 Å². The summed E-state index contributed by atoms with van der Waals surface area (Å²) in [5, 5.41) is 11.4. The van der Waals surface area contributed by atoms with Crippen molar-refractivity contribution in [1.82, 2.24) is 9.80 Å². The smallest absolute Gasteiger partial charge is 0.236 e. The van der Waals surface area contributed by atoms with Crippen LogP contribution in [0.15, 0.2) is 24.3 Å². The van der Waals surface area contributed by atoms with E-state index in [4.69, 9.17) is 4.74 Å². The molecule has 3 fully saturated rings. The first-order valence-electron chi connectivity index (χ1n) is 11.0. The van der Waals surface area contributed by atoms with Gasteiger partial charge in [0.25, 0.3) is 0 Å². The molecular weight excluding hydrogens is 352 g/mol. The second-order valence-corrected chi connectivity index (χ2v) is 8.84. The molecule has 1 aromatic rings. The molecule has 1 saturated carbocycles. The second-order valence-electron chi connectivity index (χ2n) is 8.84. The van der Waals surface area contributed by atoms with Gasteiger partial charge in [-0.3, -0.25) is 9.69 Å². The highest BCUT2D eigenvalue weighted by Crippen LogP contribution is 2.49. The molecule has 2 heterocycles. The summed E-state index contributed by atoms with van der Waals surface area (Å²) >= 11 is 0. The summed E-state index contributed by atoms with van der Waals surface area (Å²) in [6.07, 6.45) is 8.43. The third kappa shape index (κ3) is 3.92. The lowest BCUT2D eigenvalue weighted by atomic mass is 9.66. The molecule has 0 unspecified atom stereocenters. The number of amides is 1. The minimum Gasteiger partial charge on any atom is -0.497 e. The van der Waals surface area contributed by atoms with Crippen molar-refractivity contribution in [2.45, 2.75) is 63.0 Å². The molecule has 0 bridgehead atoms. The van der Waals surface area contributed by atoms with E-state index in [2.05, 4.69) is 17.0 Å². The normalized spacial score (nSPS) is 31.3. The van der Waals surface area contributed by atoms with Gasteiger partial charge in [-0.15, -0.1) is 0 Å². The first-order valence-corrected chi connectivity index (χ1v) is 11.0. The number of piperidine rings is 2. The minimum atomic E-state index is -0.590. The van der Waals surface area contributed by atoms with E-state index in [0.29, 0.717) is 6.54 Å². The summed E-state index contributed by atoms with van der Waals surface area (Å²) in [7, 11) is 1.68. The Balaban J connectivity index is 1.58. The first kappa shape index (κ1) is 19.7. The SMILES string of the molecule is COc1ccc([C@H]2[C@H]3CCCC[C@]3(O)CCN2CC(=O)N2CCCCC2)cc1. The minimum absolute atomic E-state index is 0.0960. The highest BCUT2D eigenvalue weighted by atomic mass is 16.5. The Kier molecular flexibility index (Phi) is 5.93. The van der Waals surface area contributed by atoms with E-state index in [1.807, 2.05) is 17.0 Å². The molecule has 3 atom stereocenters. The molecule has 154 valence electrons. The van der Waals surface area contributed by atoms with Gasteiger partial charge in [-0.25, -0.2) is 0 Å². The topological polar surface area (TPSA) is 53.0 Å². The van der Waals surface area contributed by atoms with Crippen molar-refractivity contribution in [3.63, 3.8) is 0 Å². The number of nitrogens with zero attached hydrogens (tertiary/aromatic N) is 2. The average Bonchev–Trinajstić information content (AvgIpc) is 2.74. The molecule has 5 heteroatoms. The number of methoxy groups -OCH3 is 1. The zero-order valence-electron chi connectivity index (χ0n) is 17.1. The van der Waals surface area contributed by atoms with Gasteiger partial charge in [0, 0.05) is 31.6 Å². The molecule has 1 aliphatic carbocycles. The van der Waals surface area contributed by atoms with Crippen molar-refractivity contribution in [2.24, 2.45) is 5.92 Å². The highest BCUT2D eigenvalue weighted by molar-refractivity contribution is 5.78. The van der Waals surface area contributed by atoms with Crippen molar-refractivity contribution in [3.8, 4) is 5.75 Å². The molecule has 0 radical (unpaired) electrons. The first-order chi connectivity index (χ1) is 13.6. The Morgan fingerprint density at radius 3 is 2.54 bits per heavy atom. The lowest BCUT2D eigenvalue weighted by molar-refractivity contribution is -0.145. The standard InChI is InChI=1S/C23H34N2O3/c1-28-19-10-8-18(9-11-19)22-20-7-3-4-12-23(20,27)13-16-25(22)17-21(26)24-14-5-2-6-15-24/h8-11,20,22,27H,2-7,12-17H2,1H3/t20-,22+,23+/m1/s1. The number of hydrogen-bond acceptors (Lipinski definition) is 4. The number of aliphatic hydroxyl groups is 1. The zero-order chi connectivity index (χ0) is 19.6. The van der Waals surface area contributed by atoms with Crippen molar-refractivity contribution in [3.05, 3.63) is 29.8 Å². The summed E-state index contributed by atoms with van der Waals surface area (Å²) in [5.41, 5.74) is 0.602. The van der Waals surface area contributed by atoms with Crippen molar-refractivity contribution >= 4 is 5.91 Å². The molecule has 28 heavy (non-hydrogen) atoms. The van der Waals surface area contributed by atoms with Crippen LogP contribution in [0.5, 0.6) is 5.75 Å². The van der Waals surface area contributed by atoms with E-state index in [1.165, 1.54) is 12.0 Å². The maximum Gasteiger partial charge on any atom is 0.236 e. The van der Waals surface area contributed by atoms with Gasteiger partial charge in [0.15, 0.2) is 0 Å². The molecule has 5 nitrogen and oxygen atoms in total. The van der Waals surface area contributed by atoms with Gasteiger partial charge in [0.2, 0.25) is 5.91 Å². The molecule has 1 aromatic carbocycles. The Labute approximate surface area is 168 Å². The molecule has 2 saturated heterocycles. The summed E-state index contributed by atoms with van der Waals surface area (Å²) in [6.45, 7) is 3.03. The molecule has 0 spiro atoms. The number of fused-ring (bicyclic) bond motifs is 1. The van der Waals surface area contributed by atoms with Crippen LogP contribution in [0.25, 0.3) is 0 Å². The molecule has 1 amide bonds. The Morgan fingerprint density at radius 1 is 1.07 bits per heavy atom. The van der Waals surface area contributed by atoms with Crippen LogP contribution in [0, 0.1) is 5.92 Å². The van der Waals surface area contributed by atoms with Gasteiger partial charge in [0.05, 0.1) is 19.3 Å². The monoisotopic (exact) mass is 386 g/mol. The number of likely N-dealkylation sites (tertiary alicyclic amines) is 2. The zero-order valence-corrected chi connectivity index (χ0v) is 17.1. The third-order valence-electron chi connectivity index (χ3n) is 7.18. The molecule has 1 N–H and O–H groups in total. The highest BCUT2D eigenvalue weighted by Gasteiger charge is 2.49. The van der Waals surface area contributed by atoms with Gasteiger partial charge in [0.1, 0.15) is 5.75 Å². The van der Waals surface area contributed by atoms with Gasteiger partial charge >= 0.3 is 0 Å². The number of benzene rings is 1. The Morgan fingerprint density at radius 2 is 1.82 bits per heavy atom. The van der Waals surface area contributed by atoms with Crippen molar-refractivity contribution < 1.29 is 14.6 Å². The molecule has 2 aliphatic heterocycles. The van der Waals surface area contributed by atoms with E-state index in [-0.39, 0.29) is 17.9 Å². The number of rotatable bonds is 4. The molecule has 4 rings (SSSR count). The van der Waals surface area contributed by atoms with Gasteiger partial charge in [-0.2, -0.15) is 0 Å². The predicted molar refractivity (Wildman–Crippen MR) is 109 cm³/mol. The van der Waals surface area contributed by atoms with Crippen LogP contribution in [-0.4, -0.2) is 59.7 Å². The van der Waals surface area contributed by atoms with Crippen molar-refractivity contribution in [1.29, 1.82) is 0 Å². The number of carbonyl (C=O) groups excluding carboxylic acids is 1. The fourth-order valence-corrected chi connectivity index (χ4v) is 5.58. The molecule has 0 aromatic heterocycles.